The van der Waals surface area contributed by atoms with Crippen molar-refractivity contribution in [3.63, 3.8) is 0 Å². The molecule has 1 aromatic heterocycles. The molecule has 2 atom stereocenters. The minimum Gasteiger partial charge on any atom is -0.467 e. The van der Waals surface area contributed by atoms with Gasteiger partial charge in [-0.25, -0.2) is 0 Å². The average molecular weight is 356 g/mol. The van der Waals surface area contributed by atoms with Crippen molar-refractivity contribution in [2.75, 3.05) is 25.0 Å². The second kappa shape index (κ2) is 8.19. The number of rotatable bonds is 4. The molecule has 0 saturated carbocycles. The highest BCUT2D eigenvalue weighted by Gasteiger charge is 2.32. The van der Waals surface area contributed by atoms with Gasteiger partial charge in [0.1, 0.15) is 5.76 Å². The Morgan fingerprint density at radius 1 is 0.923 bits per heavy atom. The Hall–Kier alpha value is -3.29. The van der Waals surface area contributed by atoms with Crippen molar-refractivity contribution in [3.05, 3.63) is 54.5 Å². The Bertz CT molecular complexity index is 761. The van der Waals surface area contributed by atoms with Gasteiger partial charge < -0.3 is 25.7 Å². The fourth-order valence-electron chi connectivity index (χ4n) is 2.74. The van der Waals surface area contributed by atoms with E-state index in [4.69, 9.17) is 4.42 Å². The molecule has 8 nitrogen and oxygen atoms in total. The molecule has 0 unspecified atom stereocenters. The summed E-state index contributed by atoms with van der Waals surface area (Å²) in [6.45, 7) is -0.205. The first kappa shape index (κ1) is 17.5. The minimum absolute atomic E-state index is 0.103. The lowest BCUT2D eigenvalue weighted by Gasteiger charge is -2.27. The van der Waals surface area contributed by atoms with Gasteiger partial charge in [-0.2, -0.15) is 0 Å². The molecule has 0 radical (unpaired) electrons. The van der Waals surface area contributed by atoms with E-state index in [2.05, 4.69) is 21.3 Å². The van der Waals surface area contributed by atoms with Crippen LogP contribution in [0.2, 0.25) is 0 Å². The summed E-state index contributed by atoms with van der Waals surface area (Å²) in [4.78, 5) is 36.2. The first-order valence-electron chi connectivity index (χ1n) is 8.29. The third-order valence-corrected chi connectivity index (χ3v) is 4.07. The summed E-state index contributed by atoms with van der Waals surface area (Å²) in [5.41, 5.74) is 0.808. The fraction of sp³-hybridized carbons (Fsp3) is 0.278. The number of hydrogen-bond acceptors (Lipinski definition) is 5. The standard InChI is InChI=1S/C18H20N4O4/c23-15-10-20-16(24)11-21-18(25)13(9-19-15)17(14-7-4-8-26-14)22-12-5-2-1-3-6-12/h1-8,13,17,22H,9-11H2,(H,19,23)(H,20,24)(H,21,25)/t13-,17-/m1/s1. The van der Waals surface area contributed by atoms with E-state index in [1.807, 2.05) is 30.3 Å². The van der Waals surface area contributed by atoms with Crippen LogP contribution in [0.1, 0.15) is 11.8 Å². The Labute approximate surface area is 150 Å². The second-order valence-electron chi connectivity index (χ2n) is 5.91. The van der Waals surface area contributed by atoms with Crippen LogP contribution < -0.4 is 21.3 Å². The number of nitrogens with one attached hydrogen (secondary N) is 4. The molecule has 1 fully saturated rings. The highest BCUT2D eigenvalue weighted by Crippen LogP contribution is 2.27. The lowest BCUT2D eigenvalue weighted by Crippen LogP contribution is -2.50. The SMILES string of the molecule is O=C1CNC(=O)CNC(=O)[C@@H]([C@@H](Nc2ccccc2)c2ccco2)CN1. The van der Waals surface area contributed by atoms with E-state index >= 15 is 0 Å². The maximum absolute atomic E-state index is 12.7. The largest absolute Gasteiger partial charge is 0.467 e. The number of benzene rings is 1. The fourth-order valence-corrected chi connectivity index (χ4v) is 2.74. The summed E-state index contributed by atoms with van der Waals surface area (Å²) in [5, 5.41) is 11.0. The van der Waals surface area contributed by atoms with Gasteiger partial charge in [-0.05, 0) is 24.3 Å². The molecule has 136 valence electrons. The zero-order chi connectivity index (χ0) is 18.4. The Morgan fingerprint density at radius 3 is 2.38 bits per heavy atom. The molecule has 3 rings (SSSR count). The summed E-state index contributed by atoms with van der Waals surface area (Å²) in [6.07, 6.45) is 1.53. The molecular weight excluding hydrogens is 336 g/mol. The van der Waals surface area contributed by atoms with Crippen LogP contribution >= 0.6 is 0 Å². The lowest BCUT2D eigenvalue weighted by atomic mass is 9.95. The molecule has 2 aromatic rings. The summed E-state index contributed by atoms with van der Waals surface area (Å²) in [7, 11) is 0. The smallest absolute Gasteiger partial charge is 0.239 e. The van der Waals surface area contributed by atoms with Crippen LogP contribution in [0, 0.1) is 5.92 Å². The molecular formula is C18H20N4O4. The number of anilines is 1. The van der Waals surface area contributed by atoms with Crippen LogP contribution in [0.15, 0.2) is 53.1 Å². The van der Waals surface area contributed by atoms with E-state index in [9.17, 15) is 14.4 Å². The van der Waals surface area contributed by atoms with E-state index < -0.39 is 17.9 Å². The molecule has 1 aliphatic heterocycles. The normalized spacial score (nSPS) is 19.7. The van der Waals surface area contributed by atoms with Crippen molar-refractivity contribution >= 4 is 23.4 Å². The molecule has 2 heterocycles. The number of carbonyl (C=O) groups excluding carboxylic acids is 3. The van der Waals surface area contributed by atoms with Gasteiger partial charge in [0.05, 0.1) is 31.3 Å². The molecule has 4 N–H and O–H groups in total. The topological polar surface area (TPSA) is 112 Å². The van der Waals surface area contributed by atoms with Crippen LogP contribution in [0.3, 0.4) is 0 Å². The van der Waals surface area contributed by atoms with Crippen molar-refractivity contribution in [3.8, 4) is 0 Å². The Morgan fingerprint density at radius 2 is 1.65 bits per heavy atom. The van der Waals surface area contributed by atoms with Gasteiger partial charge in [-0.1, -0.05) is 18.2 Å². The van der Waals surface area contributed by atoms with E-state index in [0.717, 1.165) is 5.69 Å². The first-order chi connectivity index (χ1) is 12.6. The van der Waals surface area contributed by atoms with E-state index in [1.54, 1.807) is 12.1 Å². The summed E-state index contributed by atoms with van der Waals surface area (Å²) in [5.74, 6) is -1.23. The van der Waals surface area contributed by atoms with Gasteiger partial charge in [0, 0.05) is 12.2 Å². The molecule has 1 saturated heterocycles. The Balaban J connectivity index is 1.87. The van der Waals surface area contributed by atoms with E-state index in [0.29, 0.717) is 5.76 Å². The van der Waals surface area contributed by atoms with Gasteiger partial charge in [0.25, 0.3) is 0 Å². The predicted octanol–water partition coefficient (Wildman–Crippen LogP) is 0.411. The lowest BCUT2D eigenvalue weighted by molar-refractivity contribution is -0.131. The van der Waals surface area contributed by atoms with Gasteiger partial charge >= 0.3 is 0 Å². The van der Waals surface area contributed by atoms with Crippen molar-refractivity contribution in [1.82, 2.24) is 16.0 Å². The average Bonchev–Trinajstić information content (AvgIpc) is 3.18. The van der Waals surface area contributed by atoms with Gasteiger partial charge in [-0.15, -0.1) is 0 Å². The summed E-state index contributed by atoms with van der Waals surface area (Å²) < 4.78 is 5.51. The number of hydrogen-bond donors (Lipinski definition) is 4. The Kier molecular flexibility index (Phi) is 5.52. The van der Waals surface area contributed by atoms with Crippen LogP contribution in [-0.4, -0.2) is 37.4 Å². The summed E-state index contributed by atoms with van der Waals surface area (Å²) in [6, 6.07) is 12.4. The third-order valence-electron chi connectivity index (χ3n) is 4.07. The minimum atomic E-state index is -0.670. The maximum Gasteiger partial charge on any atom is 0.239 e. The number of furan rings is 1. The zero-order valence-corrected chi connectivity index (χ0v) is 14.0. The molecule has 0 spiro atoms. The highest BCUT2D eigenvalue weighted by molar-refractivity contribution is 5.90. The van der Waals surface area contributed by atoms with Crippen molar-refractivity contribution in [2.45, 2.75) is 6.04 Å². The van der Waals surface area contributed by atoms with Crippen LogP contribution in [-0.2, 0) is 14.4 Å². The first-order valence-corrected chi connectivity index (χ1v) is 8.29. The highest BCUT2D eigenvalue weighted by atomic mass is 16.3. The number of amides is 3. The van der Waals surface area contributed by atoms with Crippen LogP contribution in [0.5, 0.6) is 0 Å². The van der Waals surface area contributed by atoms with Crippen molar-refractivity contribution in [1.29, 1.82) is 0 Å². The molecule has 1 aromatic carbocycles. The van der Waals surface area contributed by atoms with Gasteiger partial charge in [0.15, 0.2) is 0 Å². The van der Waals surface area contributed by atoms with Crippen molar-refractivity contribution < 1.29 is 18.8 Å². The molecule has 0 aliphatic carbocycles. The van der Waals surface area contributed by atoms with Crippen LogP contribution in [0.25, 0.3) is 0 Å². The number of para-hydroxylation sites is 1. The van der Waals surface area contributed by atoms with E-state index in [1.165, 1.54) is 6.26 Å². The monoisotopic (exact) mass is 356 g/mol. The molecule has 1 aliphatic rings. The predicted molar refractivity (Wildman–Crippen MR) is 94.0 cm³/mol. The van der Waals surface area contributed by atoms with Crippen molar-refractivity contribution in [2.24, 2.45) is 5.92 Å². The molecule has 3 amide bonds. The maximum atomic E-state index is 12.7. The van der Waals surface area contributed by atoms with Gasteiger partial charge in [-0.3, -0.25) is 14.4 Å². The van der Waals surface area contributed by atoms with Crippen LogP contribution in [0.4, 0.5) is 5.69 Å². The zero-order valence-electron chi connectivity index (χ0n) is 14.0. The van der Waals surface area contributed by atoms with Gasteiger partial charge in [0.2, 0.25) is 17.7 Å². The quantitative estimate of drug-likeness (QED) is 0.634. The molecule has 8 heteroatoms. The molecule has 26 heavy (non-hydrogen) atoms. The van der Waals surface area contributed by atoms with E-state index in [-0.39, 0.29) is 31.4 Å². The second-order valence-corrected chi connectivity index (χ2v) is 5.91. The summed E-state index contributed by atoms with van der Waals surface area (Å²) >= 11 is 0. The number of carbonyl (C=O) groups is 3. The molecule has 0 bridgehead atoms. The third kappa shape index (κ3) is 4.41.